The zero-order valence-electron chi connectivity index (χ0n) is 12.5. The van der Waals surface area contributed by atoms with Crippen molar-refractivity contribution in [2.24, 2.45) is 5.92 Å². The minimum absolute atomic E-state index is 0.249. The van der Waals surface area contributed by atoms with Crippen LogP contribution in [0, 0.1) is 5.92 Å². The van der Waals surface area contributed by atoms with Gasteiger partial charge in [-0.1, -0.05) is 31.5 Å². The third-order valence-electron chi connectivity index (χ3n) is 2.94. The number of aliphatic hydroxyl groups is 1. The highest BCUT2D eigenvalue weighted by atomic mass is 35.5. The van der Waals surface area contributed by atoms with Crippen LogP contribution >= 0.6 is 11.6 Å². The van der Waals surface area contributed by atoms with Gasteiger partial charge in [-0.2, -0.15) is 0 Å². The van der Waals surface area contributed by atoms with Crippen molar-refractivity contribution in [1.82, 2.24) is 5.32 Å². The lowest BCUT2D eigenvalue weighted by Crippen LogP contribution is -2.18. The fraction of sp³-hybridized carbons (Fsp3) is 0.625. The normalized spacial score (nSPS) is 11.1. The Bertz CT molecular complexity index is 383. The third kappa shape index (κ3) is 7.13. The number of ether oxygens (including phenoxy) is 1. The molecule has 3 nitrogen and oxygen atoms in total. The Kier molecular flexibility index (Phi) is 8.67. The van der Waals surface area contributed by atoms with Crippen LogP contribution in [-0.4, -0.2) is 24.9 Å². The van der Waals surface area contributed by atoms with Gasteiger partial charge in [0.15, 0.2) is 0 Å². The highest BCUT2D eigenvalue weighted by Crippen LogP contribution is 2.25. The Morgan fingerprint density at radius 1 is 1.25 bits per heavy atom. The van der Waals surface area contributed by atoms with E-state index in [1.165, 1.54) is 5.56 Å². The topological polar surface area (TPSA) is 41.5 Å². The van der Waals surface area contributed by atoms with Crippen molar-refractivity contribution in [3.05, 3.63) is 28.8 Å². The molecule has 0 unspecified atom stereocenters. The van der Waals surface area contributed by atoms with Crippen molar-refractivity contribution < 1.29 is 9.84 Å². The van der Waals surface area contributed by atoms with Gasteiger partial charge in [0.2, 0.25) is 0 Å². The number of aliphatic hydroxyl groups excluding tert-OH is 1. The van der Waals surface area contributed by atoms with Gasteiger partial charge in [-0.3, -0.25) is 0 Å². The van der Waals surface area contributed by atoms with Gasteiger partial charge in [0, 0.05) is 13.2 Å². The largest absolute Gasteiger partial charge is 0.492 e. The summed E-state index contributed by atoms with van der Waals surface area (Å²) in [6, 6.07) is 5.93. The number of hydrogen-bond donors (Lipinski definition) is 2. The van der Waals surface area contributed by atoms with Crippen molar-refractivity contribution in [1.29, 1.82) is 0 Å². The van der Waals surface area contributed by atoms with Crippen LogP contribution in [0.2, 0.25) is 5.02 Å². The van der Waals surface area contributed by atoms with Crippen LogP contribution in [0.25, 0.3) is 0 Å². The first-order chi connectivity index (χ1) is 9.63. The highest BCUT2D eigenvalue weighted by Gasteiger charge is 2.03. The molecule has 0 saturated carbocycles. The van der Waals surface area contributed by atoms with E-state index in [1.807, 2.05) is 18.2 Å². The first-order valence-corrected chi connectivity index (χ1v) is 7.74. The monoisotopic (exact) mass is 299 g/mol. The first-order valence-electron chi connectivity index (χ1n) is 7.36. The van der Waals surface area contributed by atoms with Crippen molar-refractivity contribution in [2.75, 3.05) is 19.8 Å². The molecule has 1 aromatic carbocycles. The van der Waals surface area contributed by atoms with Crippen LogP contribution in [0.4, 0.5) is 0 Å². The molecular weight excluding hydrogens is 274 g/mol. The van der Waals surface area contributed by atoms with E-state index in [0.29, 0.717) is 17.5 Å². The predicted molar refractivity (Wildman–Crippen MR) is 84.4 cm³/mol. The highest BCUT2D eigenvalue weighted by molar-refractivity contribution is 6.32. The summed E-state index contributed by atoms with van der Waals surface area (Å²) in [5, 5.41) is 12.7. The molecule has 2 N–H and O–H groups in total. The van der Waals surface area contributed by atoms with E-state index in [4.69, 9.17) is 21.4 Å². The molecule has 0 radical (unpaired) electrons. The van der Waals surface area contributed by atoms with E-state index in [9.17, 15) is 0 Å². The molecule has 0 aliphatic heterocycles. The van der Waals surface area contributed by atoms with Crippen molar-refractivity contribution in [2.45, 2.75) is 39.7 Å². The van der Waals surface area contributed by atoms with Gasteiger partial charge < -0.3 is 15.2 Å². The molecule has 20 heavy (non-hydrogen) atoms. The van der Waals surface area contributed by atoms with Crippen LogP contribution in [0.1, 0.15) is 38.7 Å². The molecule has 1 aromatic rings. The lowest BCUT2D eigenvalue weighted by molar-refractivity contribution is 0.266. The number of rotatable bonds is 10. The number of unbranched alkanes of at least 4 members (excludes halogenated alkanes) is 2. The first kappa shape index (κ1) is 17.3. The van der Waals surface area contributed by atoms with Crippen molar-refractivity contribution >= 4 is 11.6 Å². The zero-order chi connectivity index (χ0) is 14.8. The van der Waals surface area contributed by atoms with Crippen LogP contribution in [0.5, 0.6) is 5.75 Å². The van der Waals surface area contributed by atoms with E-state index < -0.39 is 0 Å². The van der Waals surface area contributed by atoms with Gasteiger partial charge >= 0.3 is 0 Å². The Hall–Kier alpha value is -0.770. The zero-order valence-corrected chi connectivity index (χ0v) is 13.2. The van der Waals surface area contributed by atoms with E-state index in [-0.39, 0.29) is 6.61 Å². The molecule has 0 saturated heterocycles. The second-order valence-corrected chi connectivity index (χ2v) is 5.83. The molecule has 1 rings (SSSR count). The molecule has 0 amide bonds. The second kappa shape index (κ2) is 10.0. The fourth-order valence-electron chi connectivity index (χ4n) is 1.85. The molecule has 4 heteroatoms. The van der Waals surface area contributed by atoms with Gasteiger partial charge in [-0.05, 0) is 49.4 Å². The Morgan fingerprint density at radius 3 is 2.70 bits per heavy atom. The van der Waals surface area contributed by atoms with Crippen LogP contribution in [0.15, 0.2) is 18.2 Å². The summed E-state index contributed by atoms with van der Waals surface area (Å²) in [4.78, 5) is 0. The Morgan fingerprint density at radius 2 is 2.05 bits per heavy atom. The van der Waals surface area contributed by atoms with Crippen LogP contribution in [-0.2, 0) is 6.54 Å². The fourth-order valence-corrected chi connectivity index (χ4v) is 2.11. The van der Waals surface area contributed by atoms with Crippen LogP contribution < -0.4 is 10.1 Å². The molecule has 114 valence electrons. The molecule has 0 aliphatic carbocycles. The van der Waals surface area contributed by atoms with Gasteiger partial charge in [0.1, 0.15) is 5.75 Å². The summed E-state index contributed by atoms with van der Waals surface area (Å²) >= 11 is 6.22. The second-order valence-electron chi connectivity index (χ2n) is 5.42. The van der Waals surface area contributed by atoms with E-state index in [0.717, 1.165) is 38.1 Å². The number of halogens is 1. The van der Waals surface area contributed by atoms with Crippen LogP contribution in [0.3, 0.4) is 0 Å². The quantitative estimate of drug-likeness (QED) is 0.648. The van der Waals surface area contributed by atoms with Gasteiger partial charge in [-0.25, -0.2) is 0 Å². The summed E-state index contributed by atoms with van der Waals surface area (Å²) < 4.78 is 5.65. The maximum atomic E-state index is 8.69. The van der Waals surface area contributed by atoms with Gasteiger partial charge in [0.05, 0.1) is 11.6 Å². The maximum Gasteiger partial charge on any atom is 0.137 e. The van der Waals surface area contributed by atoms with Crippen molar-refractivity contribution in [3.8, 4) is 5.75 Å². The third-order valence-corrected chi connectivity index (χ3v) is 3.23. The summed E-state index contributed by atoms with van der Waals surface area (Å²) in [6.07, 6.45) is 2.75. The molecule has 0 heterocycles. The average molecular weight is 300 g/mol. The molecule has 0 bridgehead atoms. The maximum absolute atomic E-state index is 8.69. The summed E-state index contributed by atoms with van der Waals surface area (Å²) in [7, 11) is 0. The smallest absolute Gasteiger partial charge is 0.137 e. The van der Waals surface area contributed by atoms with Gasteiger partial charge in [0.25, 0.3) is 0 Å². The number of benzene rings is 1. The lowest BCUT2D eigenvalue weighted by atomic mass is 10.2. The van der Waals surface area contributed by atoms with Gasteiger partial charge in [-0.15, -0.1) is 0 Å². The number of hydrogen-bond acceptors (Lipinski definition) is 3. The van der Waals surface area contributed by atoms with E-state index >= 15 is 0 Å². The standard InChI is InChI=1S/C16H26ClNO2/c1-13(2)11-18-12-14-6-7-16(15(17)10-14)20-9-5-3-4-8-19/h6-7,10,13,18-19H,3-5,8-9,11-12H2,1-2H3. The lowest BCUT2D eigenvalue weighted by Gasteiger charge is -2.11. The van der Waals surface area contributed by atoms with E-state index in [1.54, 1.807) is 0 Å². The molecule has 0 aromatic heterocycles. The molecule has 0 spiro atoms. The Balaban J connectivity index is 2.35. The van der Waals surface area contributed by atoms with Crippen molar-refractivity contribution in [3.63, 3.8) is 0 Å². The Labute approximate surface area is 127 Å². The minimum Gasteiger partial charge on any atom is -0.492 e. The molecule has 0 fully saturated rings. The predicted octanol–water partition coefficient (Wildman–Crippen LogP) is 3.63. The summed E-state index contributed by atoms with van der Waals surface area (Å²) in [5.74, 6) is 1.38. The molecule has 0 atom stereocenters. The summed E-state index contributed by atoms with van der Waals surface area (Å²) in [6.45, 7) is 7.10. The minimum atomic E-state index is 0.249. The SMILES string of the molecule is CC(C)CNCc1ccc(OCCCCCO)c(Cl)c1. The average Bonchev–Trinajstić information content (AvgIpc) is 2.40. The van der Waals surface area contributed by atoms with E-state index in [2.05, 4.69) is 19.2 Å². The summed E-state index contributed by atoms with van der Waals surface area (Å²) in [5.41, 5.74) is 1.17. The number of nitrogens with one attached hydrogen (secondary N) is 1. The molecule has 0 aliphatic rings. The molecular formula is C16H26ClNO2.